The van der Waals surface area contributed by atoms with E-state index in [1.54, 1.807) is 0 Å². The minimum absolute atomic E-state index is 0. The van der Waals surface area contributed by atoms with E-state index >= 15 is 0 Å². The van der Waals surface area contributed by atoms with Gasteiger partial charge in [-0.25, -0.2) is 0 Å². The van der Waals surface area contributed by atoms with Crippen LogP contribution in [0.5, 0.6) is 0 Å². The van der Waals surface area contributed by atoms with E-state index in [2.05, 4.69) is 13.8 Å². The summed E-state index contributed by atoms with van der Waals surface area (Å²) in [7, 11) is 0. The minimum atomic E-state index is 0. The van der Waals surface area contributed by atoms with Crippen molar-refractivity contribution in [3.05, 3.63) is 0 Å². The monoisotopic (exact) mass is 514 g/mol. The lowest BCUT2D eigenvalue weighted by molar-refractivity contribution is -0.932. The van der Waals surface area contributed by atoms with E-state index in [0.29, 0.717) is 0 Å². The molecule has 1 fully saturated rings. The lowest BCUT2D eigenvalue weighted by atomic mass is 10.0. The van der Waals surface area contributed by atoms with Crippen molar-refractivity contribution >= 4 is 0 Å². The van der Waals surface area contributed by atoms with Crippen LogP contribution in [0.15, 0.2) is 0 Å². The highest BCUT2D eigenvalue weighted by Gasteiger charge is 2.28. The number of quaternary nitrogens is 1. The van der Waals surface area contributed by atoms with Crippen molar-refractivity contribution < 1.29 is 16.9 Å². The van der Waals surface area contributed by atoms with Gasteiger partial charge in [-0.2, -0.15) is 0 Å². The van der Waals surface area contributed by atoms with Crippen LogP contribution in [-0.2, 0) is 0 Å². The highest BCUT2D eigenvalue weighted by Crippen LogP contribution is 2.23. The maximum Gasteiger partial charge on any atom is 0.0786 e. The predicted octanol–water partition coefficient (Wildman–Crippen LogP) is 8.39. The third kappa shape index (κ3) is 22.0. The van der Waals surface area contributed by atoms with Crippen molar-refractivity contribution in [3.63, 3.8) is 0 Å². The topological polar surface area (TPSA) is 0 Å². The van der Waals surface area contributed by atoms with Crippen LogP contribution >= 0.6 is 0 Å². The van der Waals surface area contributed by atoms with Gasteiger partial charge in [-0.1, -0.05) is 142 Å². The maximum absolute atomic E-state index is 2.32. The van der Waals surface area contributed by atoms with E-state index < -0.39 is 0 Å². The van der Waals surface area contributed by atoms with Crippen molar-refractivity contribution in [1.29, 1.82) is 0 Å². The molecule has 0 aromatic rings. The summed E-state index contributed by atoms with van der Waals surface area (Å²) < 4.78 is 1.50. The SMILES string of the molecule is CCCCCCCCCCCCCCCC[N+]1(CCCCCCCCCCCC)CCCCC1.[Cl-]. The fourth-order valence-electron chi connectivity index (χ4n) is 6.32. The number of nitrogens with zero attached hydrogens (tertiary/aromatic N) is 1. The molecule has 0 unspecified atom stereocenters. The summed E-state index contributed by atoms with van der Waals surface area (Å²) in [6, 6.07) is 0. The Kier molecular flexibility index (Phi) is 27.5. The Balaban J connectivity index is 0.0000116. The zero-order valence-electron chi connectivity index (χ0n) is 24.7. The Labute approximate surface area is 230 Å². The summed E-state index contributed by atoms with van der Waals surface area (Å²) in [6.07, 6.45) is 39.9. The molecule has 35 heavy (non-hydrogen) atoms. The first-order chi connectivity index (χ1) is 16.8. The summed E-state index contributed by atoms with van der Waals surface area (Å²) in [4.78, 5) is 0. The zero-order chi connectivity index (χ0) is 24.4. The molecule has 0 saturated carbocycles. The molecule has 0 bridgehead atoms. The Morgan fingerprint density at radius 3 is 0.886 bits per heavy atom. The Morgan fingerprint density at radius 2 is 0.600 bits per heavy atom. The molecular weight excluding hydrogens is 446 g/mol. The molecule has 0 N–H and O–H groups in total. The molecule has 2 heteroatoms. The Bertz CT molecular complexity index is 391. The summed E-state index contributed by atoms with van der Waals surface area (Å²) in [5.74, 6) is 0. The molecule has 1 aliphatic rings. The van der Waals surface area contributed by atoms with Crippen molar-refractivity contribution in [3.8, 4) is 0 Å². The fraction of sp³-hybridized carbons (Fsp3) is 1.00. The first-order valence-corrected chi connectivity index (χ1v) is 16.7. The molecular formula is C33H68ClN. The van der Waals surface area contributed by atoms with Crippen LogP contribution in [-0.4, -0.2) is 30.7 Å². The van der Waals surface area contributed by atoms with E-state index in [0.717, 1.165) is 0 Å². The van der Waals surface area contributed by atoms with Crippen LogP contribution in [0.25, 0.3) is 0 Å². The van der Waals surface area contributed by atoms with Gasteiger partial charge in [-0.15, -0.1) is 0 Å². The van der Waals surface area contributed by atoms with Crippen molar-refractivity contribution in [2.45, 2.75) is 187 Å². The summed E-state index contributed by atoms with van der Waals surface area (Å²) in [5.41, 5.74) is 0. The van der Waals surface area contributed by atoms with Crippen LogP contribution in [0.4, 0.5) is 0 Å². The highest BCUT2D eigenvalue weighted by molar-refractivity contribution is 4.57. The molecule has 0 atom stereocenters. The second-order valence-electron chi connectivity index (χ2n) is 12.1. The molecule has 0 aliphatic carbocycles. The third-order valence-corrected chi connectivity index (χ3v) is 8.74. The number of rotatable bonds is 26. The van der Waals surface area contributed by atoms with Gasteiger partial charge in [0.25, 0.3) is 0 Å². The van der Waals surface area contributed by atoms with Crippen molar-refractivity contribution in [2.75, 3.05) is 26.2 Å². The van der Waals surface area contributed by atoms with Crippen LogP contribution < -0.4 is 12.4 Å². The lowest BCUT2D eigenvalue weighted by Crippen LogP contribution is -3.00. The van der Waals surface area contributed by atoms with E-state index in [9.17, 15) is 0 Å². The van der Waals surface area contributed by atoms with Gasteiger partial charge in [0.1, 0.15) is 0 Å². The van der Waals surface area contributed by atoms with Gasteiger partial charge in [-0.3, -0.25) is 0 Å². The van der Waals surface area contributed by atoms with Crippen LogP contribution in [0.3, 0.4) is 0 Å². The van der Waals surface area contributed by atoms with Crippen molar-refractivity contribution in [1.82, 2.24) is 0 Å². The molecule has 1 aliphatic heterocycles. The molecule has 1 rings (SSSR count). The second-order valence-corrected chi connectivity index (χ2v) is 12.1. The number of piperidine rings is 1. The van der Waals surface area contributed by atoms with E-state index in [1.807, 2.05) is 0 Å². The quantitative estimate of drug-likeness (QED) is 0.0804. The lowest BCUT2D eigenvalue weighted by Gasteiger charge is -2.42. The van der Waals surface area contributed by atoms with Crippen molar-refractivity contribution in [2.24, 2.45) is 0 Å². The van der Waals surface area contributed by atoms with Gasteiger partial charge in [-0.05, 0) is 44.9 Å². The Morgan fingerprint density at radius 1 is 0.343 bits per heavy atom. The fourth-order valence-corrected chi connectivity index (χ4v) is 6.32. The predicted molar refractivity (Wildman–Crippen MR) is 156 cm³/mol. The number of likely N-dealkylation sites (tertiary alicyclic amines) is 1. The first kappa shape index (κ1) is 35.2. The van der Waals surface area contributed by atoms with Gasteiger partial charge in [0.15, 0.2) is 0 Å². The van der Waals surface area contributed by atoms with Gasteiger partial charge >= 0.3 is 0 Å². The molecule has 1 saturated heterocycles. The van der Waals surface area contributed by atoms with Gasteiger partial charge < -0.3 is 16.9 Å². The molecule has 1 nitrogen and oxygen atoms in total. The molecule has 1 heterocycles. The molecule has 0 spiro atoms. The summed E-state index contributed by atoms with van der Waals surface area (Å²) in [5, 5.41) is 0. The second kappa shape index (κ2) is 27.3. The van der Waals surface area contributed by atoms with Gasteiger partial charge in [0, 0.05) is 0 Å². The number of halogens is 1. The van der Waals surface area contributed by atoms with E-state index in [-0.39, 0.29) is 12.4 Å². The minimum Gasteiger partial charge on any atom is -1.00 e. The number of hydrogen-bond donors (Lipinski definition) is 0. The molecule has 0 aromatic heterocycles. The number of hydrogen-bond acceptors (Lipinski definition) is 0. The Hall–Kier alpha value is 0.250. The summed E-state index contributed by atoms with van der Waals surface area (Å²) >= 11 is 0. The average Bonchev–Trinajstić information content (AvgIpc) is 2.86. The van der Waals surface area contributed by atoms with Crippen LogP contribution in [0.1, 0.15) is 187 Å². The molecule has 0 radical (unpaired) electrons. The molecule has 0 amide bonds. The van der Waals surface area contributed by atoms with E-state index in [4.69, 9.17) is 0 Å². The van der Waals surface area contributed by atoms with Crippen LogP contribution in [0.2, 0.25) is 0 Å². The largest absolute Gasteiger partial charge is 1.00 e. The normalized spacial score (nSPS) is 15.3. The first-order valence-electron chi connectivity index (χ1n) is 16.7. The standard InChI is InChI=1S/C33H68N.ClH/c1-3-5-7-9-11-13-15-16-17-18-20-22-24-27-31-34(32-28-25-29-33-34)30-26-23-21-19-14-12-10-8-6-4-2;/h3-33H2,1-2H3;1H/q+1;/p-1. The molecule has 212 valence electrons. The smallest absolute Gasteiger partial charge is 0.0786 e. The zero-order valence-corrected chi connectivity index (χ0v) is 25.5. The average molecular weight is 514 g/mol. The summed E-state index contributed by atoms with van der Waals surface area (Å²) in [6.45, 7) is 10.6. The van der Waals surface area contributed by atoms with E-state index in [1.165, 1.54) is 204 Å². The van der Waals surface area contributed by atoms with Gasteiger partial charge in [0.2, 0.25) is 0 Å². The number of unbranched alkanes of at least 4 members (excludes halogenated alkanes) is 22. The van der Waals surface area contributed by atoms with Crippen LogP contribution in [0, 0.1) is 0 Å². The maximum atomic E-state index is 2.32. The third-order valence-electron chi connectivity index (χ3n) is 8.74. The molecule has 0 aromatic carbocycles. The van der Waals surface area contributed by atoms with Gasteiger partial charge in [0.05, 0.1) is 26.2 Å². The highest BCUT2D eigenvalue weighted by atomic mass is 35.5.